The first-order valence-corrected chi connectivity index (χ1v) is 9.89. The van der Waals surface area contributed by atoms with Crippen LogP contribution in [-0.4, -0.2) is 42.6 Å². The average molecular weight is 433 g/mol. The van der Waals surface area contributed by atoms with Crippen LogP contribution in [0.25, 0.3) is 5.57 Å². The van der Waals surface area contributed by atoms with Gasteiger partial charge in [0.1, 0.15) is 18.5 Å². The van der Waals surface area contributed by atoms with Gasteiger partial charge < -0.3 is 19.3 Å². The van der Waals surface area contributed by atoms with Gasteiger partial charge in [-0.25, -0.2) is 0 Å². The van der Waals surface area contributed by atoms with Crippen LogP contribution in [0.4, 0.5) is 13.2 Å². The lowest BCUT2D eigenvalue weighted by molar-refractivity contribution is -0.138. The van der Waals surface area contributed by atoms with Crippen LogP contribution in [0.3, 0.4) is 0 Å². The quantitative estimate of drug-likeness (QED) is 0.706. The number of halogens is 3. The second kappa shape index (κ2) is 8.72. The predicted molar refractivity (Wildman–Crippen MR) is 107 cm³/mol. The fourth-order valence-electron chi connectivity index (χ4n) is 4.00. The second-order valence-corrected chi connectivity index (χ2v) is 7.32. The van der Waals surface area contributed by atoms with Gasteiger partial charge in [0.25, 0.3) is 0 Å². The Labute approximate surface area is 177 Å². The molecule has 0 spiro atoms. The van der Waals surface area contributed by atoms with Crippen molar-refractivity contribution in [2.75, 3.05) is 20.3 Å². The number of alkyl halides is 3. The van der Waals surface area contributed by atoms with Gasteiger partial charge in [-0.05, 0) is 36.3 Å². The summed E-state index contributed by atoms with van der Waals surface area (Å²) in [5, 5.41) is 11.2. The van der Waals surface area contributed by atoms with Crippen molar-refractivity contribution in [3.63, 3.8) is 0 Å². The van der Waals surface area contributed by atoms with Gasteiger partial charge in [-0.2, -0.15) is 13.2 Å². The van der Waals surface area contributed by atoms with E-state index in [9.17, 15) is 18.3 Å². The summed E-state index contributed by atoms with van der Waals surface area (Å²) >= 11 is 0. The van der Waals surface area contributed by atoms with Crippen LogP contribution < -0.4 is 0 Å². The molecule has 3 atom stereocenters. The van der Waals surface area contributed by atoms with Crippen molar-refractivity contribution in [3.8, 4) is 0 Å². The Morgan fingerprint density at radius 2 is 2.10 bits per heavy atom. The minimum Gasteiger partial charge on any atom is -0.493 e. The van der Waals surface area contributed by atoms with E-state index in [1.54, 1.807) is 13.2 Å². The third kappa shape index (κ3) is 4.18. The fraction of sp³-hybridized carbons (Fsp3) is 0.348. The van der Waals surface area contributed by atoms with E-state index in [-0.39, 0.29) is 11.3 Å². The number of aliphatic hydroxyl groups is 1. The fourth-order valence-corrected chi connectivity index (χ4v) is 4.00. The highest BCUT2D eigenvalue weighted by atomic mass is 19.4. The van der Waals surface area contributed by atoms with Crippen LogP contribution in [0.2, 0.25) is 0 Å². The van der Waals surface area contributed by atoms with Crippen LogP contribution >= 0.6 is 0 Å². The molecule has 0 aromatic carbocycles. The van der Waals surface area contributed by atoms with Crippen LogP contribution in [0.1, 0.15) is 17.7 Å². The molecule has 1 N–H and O–H groups in total. The van der Waals surface area contributed by atoms with Crippen molar-refractivity contribution in [3.05, 3.63) is 83.1 Å². The number of hydrogen-bond acceptors (Lipinski definition) is 5. The Morgan fingerprint density at radius 3 is 2.87 bits per heavy atom. The average Bonchev–Trinajstić information content (AvgIpc) is 2.96. The molecule has 8 heteroatoms. The summed E-state index contributed by atoms with van der Waals surface area (Å²) in [5.74, 6) is 0.0377. The Kier molecular flexibility index (Phi) is 6.02. The zero-order chi connectivity index (χ0) is 22.0. The molecule has 0 saturated carbocycles. The van der Waals surface area contributed by atoms with E-state index in [1.807, 2.05) is 24.3 Å². The highest BCUT2D eigenvalue weighted by Crippen LogP contribution is 2.44. The molecular weight excluding hydrogens is 411 g/mol. The van der Waals surface area contributed by atoms with Crippen molar-refractivity contribution in [2.24, 2.45) is 5.92 Å². The molecule has 5 nitrogen and oxygen atoms in total. The van der Waals surface area contributed by atoms with Crippen LogP contribution in [0.5, 0.6) is 0 Å². The Hall–Kier alpha value is -2.84. The van der Waals surface area contributed by atoms with Crippen LogP contribution in [0, 0.1) is 5.92 Å². The molecule has 3 aliphatic rings. The van der Waals surface area contributed by atoms with Gasteiger partial charge in [0.15, 0.2) is 0 Å². The Balaban J connectivity index is 1.71. The Bertz CT molecular complexity index is 991. The molecule has 1 aliphatic heterocycles. The summed E-state index contributed by atoms with van der Waals surface area (Å²) < 4.78 is 57.2. The van der Waals surface area contributed by atoms with Gasteiger partial charge in [-0.3, -0.25) is 4.98 Å². The number of aliphatic hydroxyl groups excluding tert-OH is 1. The lowest BCUT2D eigenvalue weighted by Gasteiger charge is -2.38. The molecule has 0 amide bonds. The summed E-state index contributed by atoms with van der Waals surface area (Å²) in [6, 6.07) is 2.17. The number of methoxy groups -OCH3 is 1. The lowest BCUT2D eigenvalue weighted by Crippen LogP contribution is -2.39. The van der Waals surface area contributed by atoms with Crippen molar-refractivity contribution < 1.29 is 32.5 Å². The van der Waals surface area contributed by atoms with Crippen molar-refractivity contribution in [1.82, 2.24) is 4.98 Å². The molecule has 1 aromatic heterocycles. The smallest absolute Gasteiger partial charge is 0.418 e. The number of hydrogen-bond donors (Lipinski definition) is 1. The molecule has 0 bridgehead atoms. The SMILES string of the molecule is COCCOC1=CCC=CC2=C1C=CC1OC=C(c3ncccc3C(F)(F)F)C(O)C21. The van der Waals surface area contributed by atoms with Crippen molar-refractivity contribution in [1.29, 1.82) is 0 Å². The van der Waals surface area contributed by atoms with E-state index in [0.29, 0.717) is 25.4 Å². The summed E-state index contributed by atoms with van der Waals surface area (Å²) in [7, 11) is 1.58. The maximum absolute atomic E-state index is 13.5. The lowest BCUT2D eigenvalue weighted by atomic mass is 9.76. The number of allylic oxidation sites excluding steroid dienone is 4. The van der Waals surface area contributed by atoms with E-state index in [0.717, 1.165) is 17.2 Å². The summed E-state index contributed by atoms with van der Waals surface area (Å²) in [4.78, 5) is 3.91. The largest absolute Gasteiger partial charge is 0.493 e. The monoisotopic (exact) mass is 433 g/mol. The van der Waals surface area contributed by atoms with Gasteiger partial charge >= 0.3 is 6.18 Å². The van der Waals surface area contributed by atoms with Crippen molar-refractivity contribution in [2.45, 2.75) is 24.8 Å². The molecule has 164 valence electrons. The van der Waals surface area contributed by atoms with Gasteiger partial charge in [0.05, 0.1) is 36.1 Å². The third-order valence-electron chi connectivity index (χ3n) is 5.42. The zero-order valence-corrected chi connectivity index (χ0v) is 16.8. The van der Waals surface area contributed by atoms with Gasteiger partial charge in [0, 0.05) is 24.5 Å². The Morgan fingerprint density at radius 1 is 1.26 bits per heavy atom. The maximum atomic E-state index is 13.5. The first kappa shape index (κ1) is 21.4. The minimum atomic E-state index is -4.61. The van der Waals surface area contributed by atoms with Gasteiger partial charge in [0.2, 0.25) is 0 Å². The van der Waals surface area contributed by atoms with Crippen LogP contribution in [-0.2, 0) is 20.4 Å². The molecular formula is C23H22F3NO4. The molecule has 4 rings (SSSR count). The summed E-state index contributed by atoms with van der Waals surface area (Å²) in [5.41, 5.74) is 0.272. The van der Waals surface area contributed by atoms with Crippen molar-refractivity contribution >= 4 is 5.57 Å². The molecule has 2 heterocycles. The maximum Gasteiger partial charge on any atom is 0.418 e. The first-order chi connectivity index (χ1) is 14.9. The number of rotatable bonds is 5. The topological polar surface area (TPSA) is 60.8 Å². The number of ether oxygens (including phenoxy) is 3. The molecule has 2 aliphatic carbocycles. The number of aromatic nitrogens is 1. The zero-order valence-electron chi connectivity index (χ0n) is 16.8. The first-order valence-electron chi connectivity index (χ1n) is 9.89. The van der Waals surface area contributed by atoms with E-state index in [4.69, 9.17) is 14.2 Å². The standard InChI is InChI=1S/C23H22F3NO4/c1-29-11-12-30-18-7-3-2-5-15-14(18)8-9-19-20(15)22(28)16(13-31-19)21-17(23(24,25)26)6-4-10-27-21/h2,4-10,13,19-20,22,28H,3,11-12H2,1H3. The predicted octanol–water partition coefficient (Wildman–Crippen LogP) is 4.19. The minimum absolute atomic E-state index is 0.000183. The highest BCUT2D eigenvalue weighted by Gasteiger charge is 2.43. The summed E-state index contributed by atoms with van der Waals surface area (Å²) in [6.45, 7) is 0.774. The number of pyridine rings is 1. The number of fused-ring (bicyclic) bond motifs is 2. The highest BCUT2D eigenvalue weighted by molar-refractivity contribution is 5.71. The molecule has 0 fully saturated rings. The van der Waals surface area contributed by atoms with Crippen LogP contribution in [0.15, 0.2) is 71.9 Å². The molecule has 0 radical (unpaired) electrons. The second-order valence-electron chi connectivity index (χ2n) is 7.32. The van der Waals surface area contributed by atoms with Gasteiger partial charge in [-0.15, -0.1) is 0 Å². The van der Waals surface area contributed by atoms with E-state index in [2.05, 4.69) is 4.98 Å². The molecule has 31 heavy (non-hydrogen) atoms. The van der Waals surface area contributed by atoms with E-state index < -0.39 is 29.9 Å². The molecule has 3 unspecified atom stereocenters. The number of nitrogens with zero attached hydrogens (tertiary/aromatic N) is 1. The van der Waals surface area contributed by atoms with E-state index >= 15 is 0 Å². The molecule has 1 aromatic rings. The van der Waals surface area contributed by atoms with E-state index in [1.165, 1.54) is 18.5 Å². The third-order valence-corrected chi connectivity index (χ3v) is 5.42. The van der Waals surface area contributed by atoms with Gasteiger partial charge in [-0.1, -0.05) is 18.2 Å². The molecule has 0 saturated heterocycles. The summed E-state index contributed by atoms with van der Waals surface area (Å²) in [6.07, 6.45) is 6.08. The normalized spacial score (nSPS) is 25.1.